The summed E-state index contributed by atoms with van der Waals surface area (Å²) in [5, 5.41) is 5.15. The molecule has 9 aromatic rings. The van der Waals surface area contributed by atoms with Crippen LogP contribution in [0.3, 0.4) is 0 Å². The fraction of sp³-hybridized carbons (Fsp3) is 0.107. The van der Waals surface area contributed by atoms with Gasteiger partial charge in [0.05, 0.1) is 0 Å². The fourth-order valence-electron chi connectivity index (χ4n) is 10.7. The molecule has 2 nitrogen and oxygen atoms in total. The Hall–Kier alpha value is -6.84. The molecule has 0 spiro atoms. The highest BCUT2D eigenvalue weighted by Crippen LogP contribution is 2.47. The highest BCUT2D eigenvalue weighted by molar-refractivity contribution is 7.00. The lowest BCUT2D eigenvalue weighted by Gasteiger charge is -2.45. The summed E-state index contributed by atoms with van der Waals surface area (Å²) >= 11 is 0. The van der Waals surface area contributed by atoms with Crippen LogP contribution in [0.4, 0.5) is 34.1 Å². The molecule has 12 rings (SSSR count). The minimum absolute atomic E-state index is 0.0784. The molecule has 0 aromatic heterocycles. The first kappa shape index (κ1) is 34.2. The lowest BCUT2D eigenvalue weighted by molar-refractivity contribution is 0.444. The first-order chi connectivity index (χ1) is 29.3. The third-order valence-electron chi connectivity index (χ3n) is 13.4. The molecule has 1 saturated carbocycles. The minimum atomic E-state index is 0.0784. The highest BCUT2D eigenvalue weighted by Gasteiger charge is 2.44. The van der Waals surface area contributed by atoms with Gasteiger partial charge >= 0.3 is 0 Å². The van der Waals surface area contributed by atoms with Crippen molar-refractivity contribution in [3.63, 3.8) is 0 Å². The Balaban J connectivity index is 1.11. The molecule has 1 fully saturated rings. The Morgan fingerprint density at radius 1 is 0.390 bits per heavy atom. The number of nitrogens with zero attached hydrogens (tertiary/aromatic N) is 2. The van der Waals surface area contributed by atoms with E-state index in [0.717, 1.165) is 0 Å². The molecule has 1 aliphatic carbocycles. The van der Waals surface area contributed by atoms with Gasteiger partial charge in [0.1, 0.15) is 0 Å². The summed E-state index contributed by atoms with van der Waals surface area (Å²) in [6, 6.07) is 72.8. The Kier molecular flexibility index (Phi) is 8.08. The normalized spacial score (nSPS) is 14.6. The predicted molar refractivity (Wildman–Crippen MR) is 252 cm³/mol. The van der Waals surface area contributed by atoms with Crippen molar-refractivity contribution in [2.24, 2.45) is 0 Å². The second-order valence-corrected chi connectivity index (χ2v) is 16.7. The molecule has 0 radical (unpaired) electrons. The molecule has 0 amide bonds. The zero-order chi connectivity index (χ0) is 38.9. The summed E-state index contributed by atoms with van der Waals surface area (Å²) in [5.74, 6) is 0.547. The molecular weight excluding hydrogens is 711 g/mol. The van der Waals surface area contributed by atoms with Crippen molar-refractivity contribution >= 4 is 78.8 Å². The third-order valence-corrected chi connectivity index (χ3v) is 13.4. The predicted octanol–water partition coefficient (Wildman–Crippen LogP) is 13.5. The van der Waals surface area contributed by atoms with Crippen LogP contribution in [0.5, 0.6) is 0 Å². The number of hydrogen-bond acceptors (Lipinski definition) is 2. The average Bonchev–Trinajstić information content (AvgIpc) is 3.32. The van der Waals surface area contributed by atoms with Crippen LogP contribution in [0, 0.1) is 0 Å². The number of anilines is 6. The lowest BCUT2D eigenvalue weighted by Crippen LogP contribution is -2.61. The van der Waals surface area contributed by atoms with Crippen molar-refractivity contribution in [1.82, 2.24) is 0 Å². The summed E-state index contributed by atoms with van der Waals surface area (Å²) < 4.78 is 0. The van der Waals surface area contributed by atoms with Gasteiger partial charge in [-0.3, -0.25) is 0 Å². The first-order valence-corrected chi connectivity index (χ1v) is 21.4. The van der Waals surface area contributed by atoms with Gasteiger partial charge in [-0.1, -0.05) is 159 Å². The van der Waals surface area contributed by atoms with Crippen molar-refractivity contribution in [2.45, 2.75) is 38.0 Å². The Morgan fingerprint density at radius 2 is 0.983 bits per heavy atom. The van der Waals surface area contributed by atoms with Crippen LogP contribution in [0.15, 0.2) is 194 Å². The van der Waals surface area contributed by atoms with E-state index in [1.165, 1.54) is 132 Å². The van der Waals surface area contributed by atoms with E-state index >= 15 is 0 Å². The van der Waals surface area contributed by atoms with Crippen molar-refractivity contribution in [3.8, 4) is 22.3 Å². The number of benzene rings is 9. The zero-order valence-electron chi connectivity index (χ0n) is 33.1. The molecule has 3 heteroatoms. The highest BCUT2D eigenvalue weighted by atomic mass is 15.2. The van der Waals surface area contributed by atoms with Gasteiger partial charge in [-0.15, -0.1) is 0 Å². The SMILES string of the molecule is c1ccc(-c2ccc3c(c2)B2c4ccccc4N(c4ccccc4)c4cc(C5CCCCC5)cc(c42)N3c2ccc(-c3cc4ccccc4c4ccccc34)cc2)cc1. The van der Waals surface area contributed by atoms with Gasteiger partial charge in [0, 0.05) is 34.1 Å². The smallest absolute Gasteiger partial charge is 0.252 e. The summed E-state index contributed by atoms with van der Waals surface area (Å²) in [6.45, 7) is 0.0784. The van der Waals surface area contributed by atoms with Crippen LogP contribution in [-0.2, 0) is 0 Å². The van der Waals surface area contributed by atoms with Gasteiger partial charge in [0.25, 0.3) is 6.71 Å². The molecule has 0 atom stereocenters. The van der Waals surface area contributed by atoms with Gasteiger partial charge in [0.2, 0.25) is 0 Å². The van der Waals surface area contributed by atoms with Gasteiger partial charge in [0.15, 0.2) is 0 Å². The van der Waals surface area contributed by atoms with E-state index in [2.05, 4.69) is 204 Å². The number of para-hydroxylation sites is 2. The molecule has 59 heavy (non-hydrogen) atoms. The molecule has 2 aliphatic heterocycles. The molecule has 0 saturated heterocycles. The standard InChI is InChI=1S/C56H43BN2/c1-4-16-38(17-5-1)41-30-33-53-51(35-41)57-50-26-14-15-27-52(50)58(44-21-8-3-9-22-44)54-36-43(39-18-6-2-7-19-39)37-55(56(54)57)59(53)45-31-28-40(29-32-45)49-34-42-20-10-11-23-46(42)47-24-12-13-25-48(47)49/h1,3-5,8-17,20-37,39H,2,6-7,18-19H2. The van der Waals surface area contributed by atoms with Gasteiger partial charge in [-0.05, 0) is 139 Å². The van der Waals surface area contributed by atoms with Crippen LogP contribution in [0.2, 0.25) is 0 Å². The van der Waals surface area contributed by atoms with E-state index in [4.69, 9.17) is 0 Å². The summed E-state index contributed by atoms with van der Waals surface area (Å²) in [5.41, 5.74) is 18.0. The van der Waals surface area contributed by atoms with Crippen molar-refractivity contribution in [2.75, 3.05) is 9.80 Å². The van der Waals surface area contributed by atoms with E-state index in [1.54, 1.807) is 0 Å². The number of rotatable bonds is 5. The van der Waals surface area contributed by atoms with Crippen LogP contribution >= 0.6 is 0 Å². The van der Waals surface area contributed by atoms with Gasteiger partial charge in [-0.2, -0.15) is 0 Å². The zero-order valence-corrected chi connectivity index (χ0v) is 33.1. The first-order valence-electron chi connectivity index (χ1n) is 21.4. The van der Waals surface area contributed by atoms with E-state index in [-0.39, 0.29) is 6.71 Å². The molecule has 9 aromatic carbocycles. The Morgan fingerprint density at radius 3 is 1.75 bits per heavy atom. The summed E-state index contributed by atoms with van der Waals surface area (Å²) in [7, 11) is 0. The van der Waals surface area contributed by atoms with E-state index in [1.807, 2.05) is 0 Å². The van der Waals surface area contributed by atoms with Crippen molar-refractivity contribution in [1.29, 1.82) is 0 Å². The Labute approximate surface area is 347 Å². The van der Waals surface area contributed by atoms with Crippen LogP contribution in [0.1, 0.15) is 43.6 Å². The quantitative estimate of drug-likeness (QED) is 0.128. The van der Waals surface area contributed by atoms with Crippen LogP contribution < -0.4 is 26.2 Å². The lowest BCUT2D eigenvalue weighted by atomic mass is 9.33. The van der Waals surface area contributed by atoms with Crippen molar-refractivity contribution in [3.05, 3.63) is 200 Å². The molecular formula is C56H43BN2. The second-order valence-electron chi connectivity index (χ2n) is 16.7. The third kappa shape index (κ3) is 5.56. The molecule has 280 valence electrons. The van der Waals surface area contributed by atoms with Crippen LogP contribution in [-0.4, -0.2) is 6.71 Å². The fourth-order valence-corrected chi connectivity index (χ4v) is 10.7. The second kappa shape index (κ2) is 13.9. The molecule has 0 N–H and O–H groups in total. The average molecular weight is 755 g/mol. The largest absolute Gasteiger partial charge is 0.311 e. The minimum Gasteiger partial charge on any atom is -0.311 e. The van der Waals surface area contributed by atoms with E-state index in [0.29, 0.717) is 5.92 Å². The van der Waals surface area contributed by atoms with E-state index < -0.39 is 0 Å². The molecule has 2 heterocycles. The summed E-state index contributed by atoms with van der Waals surface area (Å²) in [6.07, 6.45) is 6.42. The Bertz CT molecular complexity index is 3040. The maximum atomic E-state index is 2.59. The maximum absolute atomic E-state index is 2.59. The summed E-state index contributed by atoms with van der Waals surface area (Å²) in [4.78, 5) is 5.14. The number of hydrogen-bond donors (Lipinski definition) is 0. The molecule has 3 aliphatic rings. The van der Waals surface area contributed by atoms with E-state index in [9.17, 15) is 0 Å². The monoisotopic (exact) mass is 754 g/mol. The van der Waals surface area contributed by atoms with Crippen molar-refractivity contribution < 1.29 is 0 Å². The number of fused-ring (bicyclic) bond motifs is 7. The van der Waals surface area contributed by atoms with Gasteiger partial charge < -0.3 is 9.80 Å². The molecule has 0 unspecified atom stereocenters. The van der Waals surface area contributed by atoms with Gasteiger partial charge in [-0.25, -0.2) is 0 Å². The molecule has 0 bridgehead atoms. The van der Waals surface area contributed by atoms with Crippen LogP contribution in [0.25, 0.3) is 43.8 Å². The topological polar surface area (TPSA) is 6.48 Å². The maximum Gasteiger partial charge on any atom is 0.252 e.